The van der Waals surface area contributed by atoms with Crippen LogP contribution in [-0.4, -0.2) is 24.3 Å². The number of aromatic nitrogens is 5. The van der Waals surface area contributed by atoms with Gasteiger partial charge in [0.25, 0.3) is 0 Å². The van der Waals surface area contributed by atoms with Crippen LogP contribution >= 0.6 is 0 Å². The van der Waals surface area contributed by atoms with Crippen LogP contribution in [0.4, 0.5) is 0 Å². The van der Waals surface area contributed by atoms with Crippen LogP contribution in [0.1, 0.15) is 56.5 Å². The van der Waals surface area contributed by atoms with Crippen molar-refractivity contribution in [1.82, 2.24) is 24.3 Å². The second kappa shape index (κ2) is 6.89. The van der Waals surface area contributed by atoms with Gasteiger partial charge in [-0.15, -0.1) is 10.2 Å². The van der Waals surface area contributed by atoms with E-state index in [-0.39, 0.29) is 0 Å². The average molecular weight is 374 g/mol. The Hall–Kier alpha value is -2.95. The van der Waals surface area contributed by atoms with Gasteiger partial charge < -0.3 is 4.57 Å². The van der Waals surface area contributed by atoms with Crippen LogP contribution in [0.15, 0.2) is 42.7 Å². The molecule has 4 aromatic rings. The van der Waals surface area contributed by atoms with Gasteiger partial charge >= 0.3 is 0 Å². The Morgan fingerprint density at radius 3 is 2.25 bits per heavy atom. The highest BCUT2D eigenvalue weighted by atomic mass is 15.3. The van der Waals surface area contributed by atoms with E-state index in [4.69, 9.17) is 0 Å². The molecule has 0 saturated carbocycles. The van der Waals surface area contributed by atoms with E-state index in [2.05, 4.69) is 88.4 Å². The fraction of sp³-hybridized carbons (Fsp3) is 0.348. The maximum atomic E-state index is 4.68. The Balaban J connectivity index is 1.94. The van der Waals surface area contributed by atoms with E-state index in [1.54, 1.807) is 0 Å². The predicted octanol–water partition coefficient (Wildman–Crippen LogP) is 5.38. The number of imidazole rings is 1. The molecule has 5 nitrogen and oxygen atoms in total. The molecular weight excluding hydrogens is 346 g/mol. The van der Waals surface area contributed by atoms with E-state index >= 15 is 0 Å². The molecule has 0 saturated heterocycles. The van der Waals surface area contributed by atoms with Crippen LogP contribution in [0.2, 0.25) is 0 Å². The van der Waals surface area contributed by atoms with Crippen LogP contribution in [0.25, 0.3) is 28.1 Å². The SMILES string of the molecule is Cc1nc2cc(-c3nncn3-c3c(C(C)C)cccc3C(C)C)ccc2n1C. The van der Waals surface area contributed by atoms with Crippen molar-refractivity contribution in [1.29, 1.82) is 0 Å². The molecule has 0 N–H and O–H groups in total. The largest absolute Gasteiger partial charge is 0.331 e. The summed E-state index contributed by atoms with van der Waals surface area (Å²) in [5.41, 5.74) is 6.94. The number of fused-ring (bicyclic) bond motifs is 1. The van der Waals surface area contributed by atoms with E-state index < -0.39 is 0 Å². The maximum Gasteiger partial charge on any atom is 0.168 e. The molecule has 0 aliphatic heterocycles. The van der Waals surface area contributed by atoms with Gasteiger partial charge in [0, 0.05) is 12.6 Å². The highest BCUT2D eigenvalue weighted by Gasteiger charge is 2.19. The second-order valence-electron chi connectivity index (χ2n) is 8.04. The lowest BCUT2D eigenvalue weighted by Crippen LogP contribution is -2.07. The monoisotopic (exact) mass is 373 g/mol. The highest BCUT2D eigenvalue weighted by molar-refractivity contribution is 5.81. The van der Waals surface area contributed by atoms with Crippen molar-refractivity contribution in [2.45, 2.75) is 46.5 Å². The summed E-state index contributed by atoms with van der Waals surface area (Å²) in [4.78, 5) is 4.68. The van der Waals surface area contributed by atoms with Gasteiger partial charge in [-0.3, -0.25) is 4.57 Å². The molecular formula is C23H27N5. The minimum atomic E-state index is 0.407. The van der Waals surface area contributed by atoms with E-state index in [9.17, 15) is 0 Å². The third kappa shape index (κ3) is 2.91. The number of hydrogen-bond acceptors (Lipinski definition) is 3. The van der Waals surface area contributed by atoms with Gasteiger partial charge in [0.15, 0.2) is 5.82 Å². The normalized spacial score (nSPS) is 11.9. The first-order chi connectivity index (χ1) is 13.4. The fourth-order valence-electron chi connectivity index (χ4n) is 3.84. The first-order valence-corrected chi connectivity index (χ1v) is 9.85. The zero-order chi connectivity index (χ0) is 20.0. The quantitative estimate of drug-likeness (QED) is 0.483. The van der Waals surface area contributed by atoms with Gasteiger partial charge in [0.05, 0.1) is 16.7 Å². The summed E-state index contributed by atoms with van der Waals surface area (Å²) in [7, 11) is 2.04. The molecule has 4 rings (SSSR count). The smallest absolute Gasteiger partial charge is 0.168 e. The van der Waals surface area contributed by atoms with Gasteiger partial charge in [-0.25, -0.2) is 4.98 Å². The summed E-state index contributed by atoms with van der Waals surface area (Å²) in [6.07, 6.45) is 1.83. The number of aryl methyl sites for hydroxylation is 2. The average Bonchev–Trinajstić information content (AvgIpc) is 3.25. The molecule has 0 atom stereocenters. The minimum absolute atomic E-state index is 0.407. The minimum Gasteiger partial charge on any atom is -0.331 e. The highest BCUT2D eigenvalue weighted by Crippen LogP contribution is 2.34. The molecule has 0 radical (unpaired) electrons. The molecule has 5 heteroatoms. The number of rotatable bonds is 4. The van der Waals surface area contributed by atoms with Crippen LogP contribution in [0.3, 0.4) is 0 Å². The Labute approximate surface area is 166 Å². The Kier molecular flexibility index (Phi) is 4.53. The molecule has 0 unspecified atom stereocenters. The molecule has 0 bridgehead atoms. The molecule has 2 heterocycles. The van der Waals surface area contributed by atoms with Gasteiger partial charge in [0.2, 0.25) is 0 Å². The lowest BCUT2D eigenvalue weighted by Gasteiger charge is -2.21. The van der Waals surface area contributed by atoms with Crippen LogP contribution in [-0.2, 0) is 7.05 Å². The maximum absolute atomic E-state index is 4.68. The number of nitrogens with zero attached hydrogens (tertiary/aromatic N) is 5. The van der Waals surface area contributed by atoms with Crippen LogP contribution in [0, 0.1) is 6.92 Å². The first kappa shape index (κ1) is 18.4. The number of hydrogen-bond donors (Lipinski definition) is 0. The Bertz CT molecular complexity index is 1120. The van der Waals surface area contributed by atoms with Gasteiger partial charge in [-0.1, -0.05) is 45.9 Å². The lowest BCUT2D eigenvalue weighted by atomic mass is 9.92. The summed E-state index contributed by atoms with van der Waals surface area (Å²) < 4.78 is 4.25. The third-order valence-corrected chi connectivity index (χ3v) is 5.49. The molecule has 28 heavy (non-hydrogen) atoms. The molecule has 0 amide bonds. The second-order valence-corrected chi connectivity index (χ2v) is 8.04. The van der Waals surface area contributed by atoms with Crippen molar-refractivity contribution >= 4 is 11.0 Å². The van der Waals surface area contributed by atoms with Crippen molar-refractivity contribution in [3.05, 3.63) is 59.7 Å². The molecule has 0 spiro atoms. The molecule has 2 aromatic heterocycles. The predicted molar refractivity (Wildman–Crippen MR) is 114 cm³/mol. The van der Waals surface area contributed by atoms with E-state index in [0.717, 1.165) is 28.2 Å². The standard InChI is InChI=1S/C23H27N5/c1-14(2)18-8-7-9-19(15(3)4)22(18)28-13-24-26-23(28)17-10-11-21-20(12-17)25-16(5)27(21)6/h7-15H,1-6H3. The van der Waals surface area contributed by atoms with Crippen LogP contribution in [0.5, 0.6) is 0 Å². The lowest BCUT2D eigenvalue weighted by molar-refractivity contribution is 0.806. The van der Waals surface area contributed by atoms with Crippen molar-refractivity contribution in [3.8, 4) is 17.1 Å². The summed E-state index contributed by atoms with van der Waals surface area (Å²) in [6.45, 7) is 11.0. The summed E-state index contributed by atoms with van der Waals surface area (Å²) in [5, 5.41) is 8.74. The topological polar surface area (TPSA) is 48.5 Å². The van der Waals surface area contributed by atoms with Crippen LogP contribution < -0.4 is 0 Å². The summed E-state index contributed by atoms with van der Waals surface area (Å²) >= 11 is 0. The molecule has 0 aliphatic rings. The molecule has 2 aromatic carbocycles. The van der Waals surface area contributed by atoms with Crippen molar-refractivity contribution < 1.29 is 0 Å². The van der Waals surface area contributed by atoms with E-state index in [0.29, 0.717) is 11.8 Å². The summed E-state index contributed by atoms with van der Waals surface area (Å²) in [6, 6.07) is 12.9. The Morgan fingerprint density at radius 2 is 1.61 bits per heavy atom. The fourth-order valence-corrected chi connectivity index (χ4v) is 3.84. The van der Waals surface area contributed by atoms with Crippen molar-refractivity contribution in [2.24, 2.45) is 7.05 Å². The van der Waals surface area contributed by atoms with Crippen molar-refractivity contribution in [3.63, 3.8) is 0 Å². The molecule has 0 fully saturated rings. The van der Waals surface area contributed by atoms with E-state index in [1.807, 2.05) is 20.3 Å². The number of para-hydroxylation sites is 1. The van der Waals surface area contributed by atoms with Gasteiger partial charge in [0.1, 0.15) is 12.2 Å². The zero-order valence-corrected chi connectivity index (χ0v) is 17.4. The van der Waals surface area contributed by atoms with Gasteiger partial charge in [-0.05, 0) is 48.1 Å². The van der Waals surface area contributed by atoms with E-state index in [1.165, 1.54) is 16.8 Å². The first-order valence-electron chi connectivity index (χ1n) is 9.85. The number of benzene rings is 2. The molecule has 0 aliphatic carbocycles. The molecule has 144 valence electrons. The van der Waals surface area contributed by atoms with Gasteiger partial charge in [-0.2, -0.15) is 0 Å². The summed E-state index contributed by atoms with van der Waals surface area (Å²) in [5.74, 6) is 2.66. The Morgan fingerprint density at radius 1 is 0.929 bits per heavy atom. The third-order valence-electron chi connectivity index (χ3n) is 5.49. The zero-order valence-electron chi connectivity index (χ0n) is 17.4. The van der Waals surface area contributed by atoms with Crippen molar-refractivity contribution in [2.75, 3.05) is 0 Å².